The first-order chi connectivity index (χ1) is 28.6. The van der Waals surface area contributed by atoms with Gasteiger partial charge >= 0.3 is 5.97 Å². The van der Waals surface area contributed by atoms with Gasteiger partial charge in [0.15, 0.2) is 0 Å². The second-order valence-electron chi connectivity index (χ2n) is 14.7. The monoisotopic (exact) mass is 869 g/mol. The predicted octanol–water partition coefficient (Wildman–Crippen LogP) is 2.33. The molecule has 0 radical (unpaired) electrons. The Kier molecular flexibility index (Phi) is 20.6. The van der Waals surface area contributed by atoms with E-state index in [0.29, 0.717) is 30.4 Å². The summed E-state index contributed by atoms with van der Waals surface area (Å²) in [6.07, 6.45) is 0.543. The Morgan fingerprint density at radius 3 is 1.78 bits per heavy atom. The summed E-state index contributed by atoms with van der Waals surface area (Å²) in [7, 11) is 1.22. The van der Waals surface area contributed by atoms with Crippen molar-refractivity contribution < 1.29 is 38.6 Å². The van der Waals surface area contributed by atoms with Crippen molar-refractivity contribution in [1.29, 1.82) is 0 Å². The summed E-state index contributed by atoms with van der Waals surface area (Å²) in [5.41, 5.74) is 9.11. The molecule has 0 spiro atoms. The molecular weight excluding hydrogens is 813 g/mol. The molecule has 3 rings (SSSR count). The Labute approximate surface area is 361 Å². The van der Waals surface area contributed by atoms with E-state index in [9.17, 15) is 33.9 Å². The van der Waals surface area contributed by atoms with Crippen LogP contribution in [-0.4, -0.2) is 109 Å². The van der Waals surface area contributed by atoms with Crippen LogP contribution in [0.1, 0.15) is 43.9 Å². The van der Waals surface area contributed by atoms with Crippen LogP contribution in [0.25, 0.3) is 0 Å². The fraction of sp³-hybridized carbons (Fsp3) is 0.442. The highest BCUT2D eigenvalue weighted by Gasteiger charge is 2.31. The predicted molar refractivity (Wildman–Crippen MR) is 232 cm³/mol. The third-order valence-corrected chi connectivity index (χ3v) is 9.77. The van der Waals surface area contributed by atoms with Crippen LogP contribution in [0.3, 0.4) is 0 Å². The first-order valence-corrected chi connectivity index (χ1v) is 20.8. The SMILES string of the molecule is COC(=O)[C@H](Cc1ccc(N(CCCl)CCCl)cc1)NC(=O)[C@H](CC(C)C)NC(=O)[C@H](Cc1ccccc1)NC(=O)CNC(=O)[C@@H](C)NC(=O)[C@@H](N)Cc1ccc(O)cc1. The lowest BCUT2D eigenvalue weighted by atomic mass is 10.00. The third kappa shape index (κ3) is 16.7. The number of phenols is 1. The summed E-state index contributed by atoms with van der Waals surface area (Å²) in [5.74, 6) is -3.04. The standard InChI is InChI=1S/C43H57Cl2N7O8/c1-27(2)22-35(41(57)51-37(43(59)60-4)25-31-10-14-32(15-11-31)52(20-18-44)21-19-45)50-42(58)36(24-29-8-6-5-7-9-29)49-38(54)26-47-39(55)28(3)48-40(56)34(46)23-30-12-16-33(53)17-13-30/h5-17,27-28,34-37,53H,18-26,46H2,1-4H3,(H,47,55)(H,48,56)(H,49,54)(H,50,58)(H,51,57)/t28-,34+,35+,36+,37+/m1/s1. The maximum atomic E-state index is 13.9. The first kappa shape index (κ1) is 49.0. The van der Waals surface area contributed by atoms with Gasteiger partial charge in [-0.2, -0.15) is 0 Å². The molecule has 326 valence electrons. The maximum absolute atomic E-state index is 13.9. The molecule has 0 saturated carbocycles. The number of alkyl halides is 2. The minimum absolute atomic E-state index is 0.0573. The summed E-state index contributed by atoms with van der Waals surface area (Å²) in [4.78, 5) is 81.5. The molecule has 0 aliphatic heterocycles. The maximum Gasteiger partial charge on any atom is 0.328 e. The number of methoxy groups -OCH3 is 1. The Morgan fingerprint density at radius 1 is 0.667 bits per heavy atom. The number of rotatable bonds is 24. The van der Waals surface area contributed by atoms with Crippen LogP contribution < -0.4 is 37.2 Å². The van der Waals surface area contributed by atoms with E-state index >= 15 is 0 Å². The largest absolute Gasteiger partial charge is 0.508 e. The summed E-state index contributed by atoms with van der Waals surface area (Å²) in [5, 5.41) is 22.7. The highest BCUT2D eigenvalue weighted by Crippen LogP contribution is 2.18. The molecule has 0 heterocycles. The number of nitrogens with two attached hydrogens (primary N) is 1. The third-order valence-electron chi connectivity index (χ3n) is 9.43. The van der Waals surface area contributed by atoms with Crippen LogP contribution in [0.15, 0.2) is 78.9 Å². The Hall–Kier alpha value is -5.38. The number of nitrogens with one attached hydrogen (secondary N) is 5. The first-order valence-electron chi connectivity index (χ1n) is 19.7. The Balaban J connectivity index is 1.68. The average molecular weight is 871 g/mol. The number of nitrogens with zero attached hydrogens (tertiary/aromatic N) is 1. The molecule has 0 saturated heterocycles. The van der Waals surface area contributed by atoms with Gasteiger partial charge in [-0.05, 0) is 66.6 Å². The van der Waals surface area contributed by atoms with Gasteiger partial charge in [-0.3, -0.25) is 24.0 Å². The molecule has 0 aromatic heterocycles. The molecule has 15 nitrogen and oxygen atoms in total. The summed E-state index contributed by atoms with van der Waals surface area (Å²) in [6.45, 7) is 5.87. The van der Waals surface area contributed by atoms with E-state index in [4.69, 9.17) is 33.7 Å². The van der Waals surface area contributed by atoms with Gasteiger partial charge in [0.25, 0.3) is 0 Å². The van der Waals surface area contributed by atoms with Crippen molar-refractivity contribution in [1.82, 2.24) is 26.6 Å². The van der Waals surface area contributed by atoms with Crippen LogP contribution in [0, 0.1) is 5.92 Å². The van der Waals surface area contributed by atoms with E-state index in [0.717, 1.165) is 16.8 Å². The average Bonchev–Trinajstić information content (AvgIpc) is 3.22. The minimum atomic E-state index is -1.17. The quantitative estimate of drug-likeness (QED) is 0.0515. The van der Waals surface area contributed by atoms with Crippen molar-refractivity contribution >= 4 is 64.4 Å². The van der Waals surface area contributed by atoms with E-state index in [1.54, 1.807) is 42.5 Å². The number of amides is 5. The van der Waals surface area contributed by atoms with Gasteiger partial charge in [-0.1, -0.05) is 68.4 Å². The van der Waals surface area contributed by atoms with Crippen molar-refractivity contribution in [2.24, 2.45) is 11.7 Å². The van der Waals surface area contributed by atoms with Gasteiger partial charge < -0.3 is 47.1 Å². The number of hydrogen-bond acceptors (Lipinski definition) is 10. The van der Waals surface area contributed by atoms with Gasteiger partial charge in [-0.25, -0.2) is 4.79 Å². The van der Waals surface area contributed by atoms with Crippen LogP contribution in [0.5, 0.6) is 5.75 Å². The number of aromatic hydroxyl groups is 1. The second kappa shape index (κ2) is 25.3. The molecule has 0 unspecified atom stereocenters. The van der Waals surface area contributed by atoms with Crippen LogP contribution in [-0.2, 0) is 52.8 Å². The van der Waals surface area contributed by atoms with E-state index in [2.05, 4.69) is 26.6 Å². The van der Waals surface area contributed by atoms with Gasteiger partial charge in [-0.15, -0.1) is 23.2 Å². The zero-order chi connectivity index (χ0) is 44.2. The highest BCUT2D eigenvalue weighted by atomic mass is 35.5. The Morgan fingerprint density at radius 2 is 1.20 bits per heavy atom. The number of benzene rings is 3. The molecule has 0 fully saturated rings. The lowest BCUT2D eigenvalue weighted by molar-refractivity contribution is -0.145. The molecule has 3 aromatic rings. The topological polar surface area (TPSA) is 221 Å². The van der Waals surface area contributed by atoms with Gasteiger partial charge in [0.1, 0.15) is 29.9 Å². The molecule has 5 atom stereocenters. The lowest BCUT2D eigenvalue weighted by Crippen LogP contribution is -2.57. The molecule has 0 aliphatic rings. The summed E-state index contributed by atoms with van der Waals surface area (Å²) >= 11 is 11.9. The normalized spacial score (nSPS) is 13.5. The van der Waals surface area contributed by atoms with E-state index in [1.165, 1.54) is 26.2 Å². The highest BCUT2D eigenvalue weighted by molar-refractivity contribution is 6.18. The zero-order valence-electron chi connectivity index (χ0n) is 34.4. The number of carbonyl (C=O) groups is 6. The molecule has 60 heavy (non-hydrogen) atoms. The van der Waals surface area contributed by atoms with E-state index < -0.39 is 72.3 Å². The minimum Gasteiger partial charge on any atom is -0.508 e. The lowest BCUT2D eigenvalue weighted by Gasteiger charge is -2.26. The number of anilines is 1. The number of esters is 1. The molecule has 5 amide bonds. The fourth-order valence-corrected chi connectivity index (χ4v) is 6.63. The number of hydrogen-bond donors (Lipinski definition) is 7. The molecule has 0 aliphatic carbocycles. The number of carbonyl (C=O) groups excluding carboxylic acids is 6. The van der Waals surface area contributed by atoms with E-state index in [-0.39, 0.29) is 37.4 Å². The van der Waals surface area contributed by atoms with Crippen molar-refractivity contribution in [3.05, 3.63) is 95.6 Å². The summed E-state index contributed by atoms with van der Waals surface area (Å²) in [6, 6.07) is 17.2. The summed E-state index contributed by atoms with van der Waals surface area (Å²) < 4.78 is 5.02. The van der Waals surface area contributed by atoms with Crippen molar-refractivity contribution in [3.63, 3.8) is 0 Å². The van der Waals surface area contributed by atoms with Crippen LogP contribution >= 0.6 is 23.2 Å². The van der Waals surface area contributed by atoms with Crippen molar-refractivity contribution in [3.8, 4) is 5.75 Å². The molecular formula is C43H57Cl2N7O8. The van der Waals surface area contributed by atoms with Crippen molar-refractivity contribution in [2.75, 3.05) is 43.4 Å². The number of halogens is 2. The van der Waals surface area contributed by atoms with Gasteiger partial charge in [0, 0.05) is 43.4 Å². The van der Waals surface area contributed by atoms with Crippen molar-refractivity contribution in [2.45, 2.75) is 76.7 Å². The fourth-order valence-electron chi connectivity index (χ4n) is 6.23. The zero-order valence-corrected chi connectivity index (χ0v) is 35.9. The molecule has 0 bridgehead atoms. The molecule has 3 aromatic carbocycles. The number of phenolic OH excluding ortho intramolecular Hbond substituents is 1. The molecule has 17 heteroatoms. The van der Waals surface area contributed by atoms with Gasteiger partial charge in [0.05, 0.1) is 19.7 Å². The second-order valence-corrected chi connectivity index (χ2v) is 15.5. The van der Waals surface area contributed by atoms with Crippen LogP contribution in [0.4, 0.5) is 5.69 Å². The van der Waals surface area contributed by atoms with Gasteiger partial charge in [0.2, 0.25) is 29.5 Å². The molecule has 8 N–H and O–H groups in total. The Bertz CT molecular complexity index is 1850. The van der Waals surface area contributed by atoms with Crippen LogP contribution in [0.2, 0.25) is 0 Å². The number of ether oxygens (including phenoxy) is 1. The smallest absolute Gasteiger partial charge is 0.328 e. The van der Waals surface area contributed by atoms with E-state index in [1.807, 2.05) is 43.0 Å².